The highest BCUT2D eigenvalue weighted by Crippen LogP contribution is 2.22. The Morgan fingerprint density at radius 1 is 0.826 bits per heavy atom. The summed E-state index contributed by atoms with van der Waals surface area (Å²) >= 11 is 1.40. The van der Waals surface area contributed by atoms with Gasteiger partial charge in [-0.05, 0) is 48.1 Å². The minimum absolute atomic E-state index is 0.171. The van der Waals surface area contributed by atoms with Gasteiger partial charge >= 0.3 is 0 Å². The lowest BCUT2D eigenvalue weighted by molar-refractivity contribution is 0.108. The van der Waals surface area contributed by atoms with E-state index in [0.29, 0.717) is 0 Å². The van der Waals surface area contributed by atoms with Crippen LogP contribution in [0.3, 0.4) is 0 Å². The smallest absolute Gasteiger partial charge is 0.219 e. The predicted molar refractivity (Wildman–Crippen MR) is 102 cm³/mol. The van der Waals surface area contributed by atoms with Crippen molar-refractivity contribution in [3.05, 3.63) is 59.7 Å². The Morgan fingerprint density at radius 2 is 1.43 bits per heavy atom. The van der Waals surface area contributed by atoms with Gasteiger partial charge in [0.05, 0.1) is 0 Å². The monoisotopic (exact) mass is 326 g/mol. The minimum atomic E-state index is 0.171. The fourth-order valence-electron chi connectivity index (χ4n) is 2.52. The van der Waals surface area contributed by atoms with Crippen molar-refractivity contribution < 1.29 is 4.79 Å². The van der Waals surface area contributed by atoms with Gasteiger partial charge in [0.1, 0.15) is 0 Å². The average Bonchev–Trinajstić information content (AvgIpc) is 2.61. The number of thioether (sulfide) groups is 1. The molecule has 2 rings (SSSR count). The summed E-state index contributed by atoms with van der Waals surface area (Å²) in [4.78, 5) is 12.0. The normalized spacial score (nSPS) is 10.7. The van der Waals surface area contributed by atoms with Crippen LogP contribution in [-0.2, 0) is 6.42 Å². The van der Waals surface area contributed by atoms with Crippen molar-refractivity contribution >= 4 is 16.9 Å². The maximum absolute atomic E-state index is 12.0. The molecule has 0 aliphatic heterocycles. The molecule has 0 aliphatic rings. The van der Waals surface area contributed by atoms with E-state index >= 15 is 0 Å². The van der Waals surface area contributed by atoms with Gasteiger partial charge in [0.25, 0.3) is 0 Å². The van der Waals surface area contributed by atoms with Crippen molar-refractivity contribution in [1.29, 1.82) is 0 Å². The molecule has 2 aromatic rings. The van der Waals surface area contributed by atoms with Gasteiger partial charge in [0.15, 0.2) is 0 Å². The highest BCUT2D eigenvalue weighted by atomic mass is 32.2. The summed E-state index contributed by atoms with van der Waals surface area (Å²) in [7, 11) is 0. The number of hydrogen-bond acceptors (Lipinski definition) is 2. The lowest BCUT2D eigenvalue weighted by Gasteiger charge is -2.06. The first-order valence-corrected chi connectivity index (χ1v) is 9.59. The molecule has 0 radical (unpaired) electrons. The van der Waals surface area contributed by atoms with E-state index in [1.54, 1.807) is 0 Å². The summed E-state index contributed by atoms with van der Waals surface area (Å²) in [6, 6.07) is 16.8. The Labute approximate surface area is 144 Å². The van der Waals surface area contributed by atoms with Crippen molar-refractivity contribution in [2.24, 2.45) is 0 Å². The number of unbranched alkanes of at least 4 members (excludes halogenated alkanes) is 2. The zero-order valence-electron chi connectivity index (χ0n) is 14.2. The Bertz CT molecular complexity index is 599. The molecule has 0 fully saturated rings. The van der Waals surface area contributed by atoms with E-state index in [9.17, 15) is 4.79 Å². The van der Waals surface area contributed by atoms with Crippen LogP contribution in [0.1, 0.15) is 55.5 Å². The summed E-state index contributed by atoms with van der Waals surface area (Å²) in [5, 5.41) is 0.171. The van der Waals surface area contributed by atoms with Crippen LogP contribution in [0.5, 0.6) is 0 Å². The first-order valence-electron chi connectivity index (χ1n) is 8.61. The Kier molecular flexibility index (Phi) is 7.41. The molecular formula is C21H26OS. The number of hydrogen-bond donors (Lipinski definition) is 0. The van der Waals surface area contributed by atoms with Crippen LogP contribution in [0.4, 0.5) is 0 Å². The van der Waals surface area contributed by atoms with Crippen molar-refractivity contribution in [2.45, 2.75) is 46.0 Å². The second-order valence-corrected chi connectivity index (χ2v) is 6.94. The van der Waals surface area contributed by atoms with E-state index in [2.05, 4.69) is 38.1 Å². The number of carbonyl (C=O) groups excluding carboxylic acids is 1. The van der Waals surface area contributed by atoms with Crippen LogP contribution in [0, 0.1) is 0 Å². The van der Waals surface area contributed by atoms with Crippen LogP contribution in [-0.4, -0.2) is 10.9 Å². The molecule has 0 spiro atoms. The third-order valence-electron chi connectivity index (χ3n) is 3.91. The van der Waals surface area contributed by atoms with E-state index in [0.717, 1.165) is 24.2 Å². The molecule has 2 heteroatoms. The molecule has 122 valence electrons. The topological polar surface area (TPSA) is 17.1 Å². The van der Waals surface area contributed by atoms with Crippen LogP contribution in [0.25, 0.3) is 11.1 Å². The molecule has 23 heavy (non-hydrogen) atoms. The number of carbonyl (C=O) groups is 1. The van der Waals surface area contributed by atoms with Crippen LogP contribution >= 0.6 is 11.8 Å². The van der Waals surface area contributed by atoms with Crippen LogP contribution < -0.4 is 0 Å². The predicted octanol–water partition coefficient (Wildman–Crippen LogP) is 6.37. The SMILES string of the molecule is CCCCCc1ccc(-c2ccc(C(=O)SCCC)cc2)cc1. The maximum atomic E-state index is 12.0. The zero-order valence-corrected chi connectivity index (χ0v) is 15.0. The highest BCUT2D eigenvalue weighted by molar-refractivity contribution is 8.14. The highest BCUT2D eigenvalue weighted by Gasteiger charge is 2.06. The molecule has 0 N–H and O–H groups in total. The average molecular weight is 327 g/mol. The molecule has 2 aromatic carbocycles. The fourth-order valence-corrected chi connectivity index (χ4v) is 3.21. The van der Waals surface area contributed by atoms with Crippen LogP contribution in [0.2, 0.25) is 0 Å². The molecule has 0 saturated heterocycles. The number of rotatable bonds is 8. The van der Waals surface area contributed by atoms with Crippen molar-refractivity contribution in [2.75, 3.05) is 5.75 Å². The molecule has 0 aromatic heterocycles. The third-order valence-corrected chi connectivity index (χ3v) is 5.02. The molecule has 0 heterocycles. The van der Waals surface area contributed by atoms with Gasteiger partial charge < -0.3 is 0 Å². The molecule has 0 atom stereocenters. The quantitative estimate of drug-likeness (QED) is 0.524. The van der Waals surface area contributed by atoms with E-state index < -0.39 is 0 Å². The first kappa shape index (κ1) is 17.8. The summed E-state index contributed by atoms with van der Waals surface area (Å²) in [6.07, 6.45) is 6.02. The van der Waals surface area contributed by atoms with E-state index in [1.165, 1.54) is 47.7 Å². The largest absolute Gasteiger partial charge is 0.282 e. The number of aryl methyl sites for hydroxylation is 1. The van der Waals surface area contributed by atoms with Crippen molar-refractivity contribution in [3.8, 4) is 11.1 Å². The molecule has 0 unspecified atom stereocenters. The standard InChI is InChI=1S/C21H26OS/c1-3-5-6-7-17-8-10-18(11-9-17)19-12-14-20(15-13-19)21(22)23-16-4-2/h8-15H,3-7,16H2,1-2H3. The fraction of sp³-hybridized carbons (Fsp3) is 0.381. The molecule has 1 nitrogen and oxygen atoms in total. The Hall–Kier alpha value is -1.54. The molecule has 0 bridgehead atoms. The molecule has 0 aliphatic carbocycles. The van der Waals surface area contributed by atoms with Crippen molar-refractivity contribution in [1.82, 2.24) is 0 Å². The summed E-state index contributed by atoms with van der Waals surface area (Å²) in [5.74, 6) is 0.889. The third kappa shape index (κ3) is 5.54. The maximum Gasteiger partial charge on any atom is 0.219 e. The van der Waals surface area contributed by atoms with E-state index in [-0.39, 0.29) is 5.12 Å². The van der Waals surface area contributed by atoms with Gasteiger partial charge in [-0.15, -0.1) is 0 Å². The molecular weight excluding hydrogens is 300 g/mol. The van der Waals surface area contributed by atoms with Gasteiger partial charge in [-0.3, -0.25) is 4.79 Å². The number of benzene rings is 2. The summed E-state index contributed by atoms with van der Waals surface area (Å²) in [6.45, 7) is 4.33. The molecule has 0 saturated carbocycles. The Morgan fingerprint density at radius 3 is 2.00 bits per heavy atom. The van der Waals surface area contributed by atoms with E-state index in [1.807, 2.05) is 24.3 Å². The molecule has 0 amide bonds. The first-order chi connectivity index (χ1) is 11.2. The lowest BCUT2D eigenvalue weighted by atomic mass is 10.0. The summed E-state index contributed by atoms with van der Waals surface area (Å²) < 4.78 is 0. The van der Waals surface area contributed by atoms with Crippen LogP contribution in [0.15, 0.2) is 48.5 Å². The second-order valence-electron chi connectivity index (χ2n) is 5.87. The van der Waals surface area contributed by atoms with Gasteiger partial charge in [-0.25, -0.2) is 0 Å². The lowest BCUT2D eigenvalue weighted by Crippen LogP contribution is -1.94. The van der Waals surface area contributed by atoms with Gasteiger partial charge in [-0.1, -0.05) is 74.8 Å². The van der Waals surface area contributed by atoms with Gasteiger partial charge in [0, 0.05) is 11.3 Å². The van der Waals surface area contributed by atoms with E-state index in [4.69, 9.17) is 0 Å². The second kappa shape index (κ2) is 9.57. The van der Waals surface area contributed by atoms with Crippen molar-refractivity contribution in [3.63, 3.8) is 0 Å². The van der Waals surface area contributed by atoms with Gasteiger partial charge in [-0.2, -0.15) is 0 Å². The van der Waals surface area contributed by atoms with Gasteiger partial charge in [0.2, 0.25) is 5.12 Å². The zero-order chi connectivity index (χ0) is 16.5. The minimum Gasteiger partial charge on any atom is -0.282 e. The Balaban J connectivity index is 2.00. The summed E-state index contributed by atoms with van der Waals surface area (Å²) in [5.41, 5.74) is 4.58.